The average molecular weight is 211 g/mol. The van der Waals surface area contributed by atoms with Gasteiger partial charge in [-0.2, -0.15) is 0 Å². The summed E-state index contributed by atoms with van der Waals surface area (Å²) in [7, 11) is 2.19. The van der Waals surface area contributed by atoms with E-state index >= 15 is 0 Å². The Bertz CT molecular complexity index is 289. The lowest BCUT2D eigenvalue weighted by Crippen LogP contribution is -2.43. The van der Waals surface area contributed by atoms with E-state index in [9.17, 15) is 0 Å². The Morgan fingerprint density at radius 2 is 2.07 bits per heavy atom. The van der Waals surface area contributed by atoms with Crippen molar-refractivity contribution in [3.05, 3.63) is 16.1 Å². The SMILES string of the molecule is Cc1cnc(CN2CCN(C)CC2)s1. The van der Waals surface area contributed by atoms with Gasteiger partial charge in [-0.05, 0) is 14.0 Å². The van der Waals surface area contributed by atoms with E-state index in [0.29, 0.717) is 0 Å². The zero-order valence-electron chi connectivity index (χ0n) is 8.86. The molecule has 0 unspecified atom stereocenters. The van der Waals surface area contributed by atoms with Gasteiger partial charge in [-0.3, -0.25) is 4.90 Å². The summed E-state index contributed by atoms with van der Waals surface area (Å²) in [5, 5.41) is 1.26. The van der Waals surface area contributed by atoms with E-state index in [4.69, 9.17) is 0 Å². The molecular weight excluding hydrogens is 194 g/mol. The Morgan fingerprint density at radius 1 is 1.36 bits per heavy atom. The third kappa shape index (κ3) is 2.53. The van der Waals surface area contributed by atoms with Crippen LogP contribution >= 0.6 is 11.3 Å². The molecule has 2 rings (SSSR count). The van der Waals surface area contributed by atoms with Gasteiger partial charge in [0.15, 0.2) is 0 Å². The minimum atomic E-state index is 1.03. The summed E-state index contributed by atoms with van der Waals surface area (Å²) in [4.78, 5) is 10.6. The topological polar surface area (TPSA) is 19.4 Å². The number of thiazole rings is 1. The van der Waals surface area contributed by atoms with Crippen LogP contribution in [0.5, 0.6) is 0 Å². The van der Waals surface area contributed by atoms with Crippen molar-refractivity contribution in [1.29, 1.82) is 0 Å². The Labute approximate surface area is 89.4 Å². The van der Waals surface area contributed by atoms with Crippen LogP contribution in [0, 0.1) is 6.92 Å². The van der Waals surface area contributed by atoms with E-state index in [1.54, 1.807) is 0 Å². The van der Waals surface area contributed by atoms with Crippen LogP contribution in [0.4, 0.5) is 0 Å². The molecule has 0 aromatic carbocycles. The van der Waals surface area contributed by atoms with Gasteiger partial charge in [0, 0.05) is 37.3 Å². The molecule has 1 fully saturated rings. The van der Waals surface area contributed by atoms with Gasteiger partial charge in [-0.1, -0.05) is 0 Å². The molecule has 1 aromatic heterocycles. The highest BCUT2D eigenvalue weighted by atomic mass is 32.1. The second kappa shape index (κ2) is 4.38. The van der Waals surface area contributed by atoms with E-state index in [2.05, 4.69) is 28.8 Å². The van der Waals surface area contributed by atoms with Crippen LogP contribution in [-0.2, 0) is 6.54 Å². The van der Waals surface area contributed by atoms with Crippen molar-refractivity contribution in [3.63, 3.8) is 0 Å². The smallest absolute Gasteiger partial charge is 0.107 e. The van der Waals surface area contributed by atoms with Gasteiger partial charge >= 0.3 is 0 Å². The lowest BCUT2D eigenvalue weighted by Gasteiger charge is -2.31. The van der Waals surface area contributed by atoms with Crippen molar-refractivity contribution in [1.82, 2.24) is 14.8 Å². The van der Waals surface area contributed by atoms with Gasteiger partial charge < -0.3 is 4.90 Å². The highest BCUT2D eigenvalue weighted by molar-refractivity contribution is 7.11. The summed E-state index contributed by atoms with van der Waals surface area (Å²) in [5.41, 5.74) is 0. The predicted molar refractivity (Wildman–Crippen MR) is 59.6 cm³/mol. The molecule has 78 valence electrons. The maximum absolute atomic E-state index is 4.39. The van der Waals surface area contributed by atoms with Crippen LogP contribution in [0.3, 0.4) is 0 Å². The van der Waals surface area contributed by atoms with Crippen molar-refractivity contribution >= 4 is 11.3 Å². The zero-order valence-corrected chi connectivity index (χ0v) is 9.68. The number of nitrogens with zero attached hydrogens (tertiary/aromatic N) is 3. The maximum Gasteiger partial charge on any atom is 0.107 e. The van der Waals surface area contributed by atoms with E-state index in [1.165, 1.54) is 36.1 Å². The Morgan fingerprint density at radius 3 is 2.64 bits per heavy atom. The van der Waals surface area contributed by atoms with Crippen LogP contribution < -0.4 is 0 Å². The number of hydrogen-bond acceptors (Lipinski definition) is 4. The fourth-order valence-electron chi connectivity index (χ4n) is 1.67. The molecule has 1 aromatic rings. The number of hydrogen-bond donors (Lipinski definition) is 0. The summed E-state index contributed by atoms with van der Waals surface area (Å²) in [6, 6.07) is 0. The van der Waals surface area contributed by atoms with Crippen LogP contribution in [-0.4, -0.2) is 48.0 Å². The van der Waals surface area contributed by atoms with Crippen molar-refractivity contribution in [2.75, 3.05) is 33.2 Å². The highest BCUT2D eigenvalue weighted by Crippen LogP contribution is 2.14. The second-order valence-corrected chi connectivity index (χ2v) is 5.26. The van der Waals surface area contributed by atoms with Crippen LogP contribution in [0.15, 0.2) is 6.20 Å². The van der Waals surface area contributed by atoms with Gasteiger partial charge in [0.05, 0.1) is 6.54 Å². The number of piperazine rings is 1. The van der Waals surface area contributed by atoms with E-state index in [0.717, 1.165) is 6.54 Å². The lowest BCUT2D eigenvalue weighted by molar-refractivity contribution is 0.148. The average Bonchev–Trinajstić information content (AvgIpc) is 2.56. The molecular formula is C10H17N3S. The predicted octanol–water partition coefficient (Wildman–Crippen LogP) is 1.20. The van der Waals surface area contributed by atoms with E-state index in [1.807, 2.05) is 17.5 Å². The molecule has 0 amide bonds. The molecule has 2 heterocycles. The minimum absolute atomic E-state index is 1.03. The number of rotatable bonds is 2. The minimum Gasteiger partial charge on any atom is -0.304 e. The summed E-state index contributed by atoms with van der Waals surface area (Å²) in [6.07, 6.45) is 1.97. The quantitative estimate of drug-likeness (QED) is 0.733. The van der Waals surface area contributed by atoms with Gasteiger partial charge in [-0.15, -0.1) is 11.3 Å². The molecule has 1 aliphatic heterocycles. The molecule has 0 saturated carbocycles. The third-order valence-electron chi connectivity index (χ3n) is 2.62. The number of aryl methyl sites for hydroxylation is 1. The van der Waals surface area contributed by atoms with Crippen LogP contribution in [0.1, 0.15) is 9.88 Å². The van der Waals surface area contributed by atoms with Crippen molar-refractivity contribution in [2.45, 2.75) is 13.5 Å². The monoisotopic (exact) mass is 211 g/mol. The largest absolute Gasteiger partial charge is 0.304 e. The van der Waals surface area contributed by atoms with Crippen molar-refractivity contribution in [2.24, 2.45) is 0 Å². The summed E-state index contributed by atoms with van der Waals surface area (Å²) < 4.78 is 0. The fraction of sp³-hybridized carbons (Fsp3) is 0.700. The Balaban J connectivity index is 1.86. The van der Waals surface area contributed by atoms with E-state index < -0.39 is 0 Å². The van der Waals surface area contributed by atoms with Crippen LogP contribution in [0.25, 0.3) is 0 Å². The van der Waals surface area contributed by atoms with E-state index in [-0.39, 0.29) is 0 Å². The summed E-state index contributed by atoms with van der Waals surface area (Å²) in [6.45, 7) is 7.87. The molecule has 4 heteroatoms. The first kappa shape index (κ1) is 10.1. The zero-order chi connectivity index (χ0) is 9.97. The standard InChI is InChI=1S/C10H17N3S/c1-9-7-11-10(14-9)8-13-5-3-12(2)4-6-13/h7H,3-6,8H2,1-2H3. The molecule has 0 aliphatic carbocycles. The molecule has 0 atom stereocenters. The van der Waals surface area contributed by atoms with Gasteiger partial charge in [0.2, 0.25) is 0 Å². The first-order valence-corrected chi connectivity index (χ1v) is 5.88. The number of likely N-dealkylation sites (N-methyl/N-ethyl adjacent to an activating group) is 1. The summed E-state index contributed by atoms with van der Waals surface area (Å²) >= 11 is 1.82. The maximum atomic E-state index is 4.39. The molecule has 1 aliphatic rings. The van der Waals surface area contributed by atoms with Gasteiger partial charge in [0.1, 0.15) is 5.01 Å². The molecule has 3 nitrogen and oxygen atoms in total. The van der Waals surface area contributed by atoms with Gasteiger partial charge in [0.25, 0.3) is 0 Å². The number of aromatic nitrogens is 1. The molecule has 0 radical (unpaired) electrons. The third-order valence-corrected chi connectivity index (χ3v) is 3.52. The normalized spacial score (nSPS) is 20.1. The fourth-order valence-corrected chi connectivity index (χ4v) is 2.50. The lowest BCUT2D eigenvalue weighted by atomic mass is 10.3. The second-order valence-electron chi connectivity index (χ2n) is 3.94. The van der Waals surface area contributed by atoms with Crippen molar-refractivity contribution < 1.29 is 0 Å². The molecule has 0 spiro atoms. The Kier molecular flexibility index (Phi) is 3.15. The van der Waals surface area contributed by atoms with Crippen LogP contribution in [0.2, 0.25) is 0 Å². The first-order chi connectivity index (χ1) is 6.74. The first-order valence-electron chi connectivity index (χ1n) is 5.06. The van der Waals surface area contributed by atoms with Gasteiger partial charge in [-0.25, -0.2) is 4.98 Å². The van der Waals surface area contributed by atoms with Crippen molar-refractivity contribution in [3.8, 4) is 0 Å². The molecule has 1 saturated heterocycles. The highest BCUT2D eigenvalue weighted by Gasteiger charge is 2.14. The molecule has 0 N–H and O–H groups in total. The molecule has 0 bridgehead atoms. The molecule has 14 heavy (non-hydrogen) atoms. The summed E-state index contributed by atoms with van der Waals surface area (Å²) in [5.74, 6) is 0. The Hall–Kier alpha value is -0.450.